The summed E-state index contributed by atoms with van der Waals surface area (Å²) in [6.07, 6.45) is -0.0563. The molecular weight excluding hydrogens is 260 g/mol. The molecule has 0 N–H and O–H groups in total. The smallest absolute Gasteiger partial charge is 0.312 e. The molecule has 5 heteroatoms. The molecule has 0 aliphatic heterocycles. The number of hydrogen-bond donors (Lipinski definition) is 0. The minimum absolute atomic E-state index is 0.419. The van der Waals surface area contributed by atoms with Gasteiger partial charge < -0.3 is 14.2 Å². The zero-order valence-electron chi connectivity index (χ0n) is 11.8. The van der Waals surface area contributed by atoms with Crippen LogP contribution in [-0.2, 0) is 30.2 Å². The number of esters is 2. The fourth-order valence-electron chi connectivity index (χ4n) is 2.84. The molecule has 0 heterocycles. The summed E-state index contributed by atoms with van der Waals surface area (Å²) >= 11 is 0. The van der Waals surface area contributed by atoms with Crippen LogP contribution in [-0.4, -0.2) is 33.3 Å². The van der Waals surface area contributed by atoms with E-state index >= 15 is 0 Å². The van der Waals surface area contributed by atoms with Gasteiger partial charge in [0.2, 0.25) is 0 Å². The van der Waals surface area contributed by atoms with E-state index in [0.717, 1.165) is 11.1 Å². The number of carbonyl (C=O) groups excluding carboxylic acids is 2. The van der Waals surface area contributed by atoms with Gasteiger partial charge in [-0.15, -0.1) is 0 Å². The molecule has 3 atom stereocenters. The maximum absolute atomic E-state index is 12.1. The Balaban J connectivity index is 2.49. The Labute approximate surface area is 117 Å². The van der Waals surface area contributed by atoms with Crippen LogP contribution >= 0.6 is 0 Å². The van der Waals surface area contributed by atoms with Gasteiger partial charge in [0.05, 0.1) is 26.2 Å². The van der Waals surface area contributed by atoms with E-state index in [0.29, 0.717) is 6.42 Å². The van der Waals surface area contributed by atoms with E-state index in [4.69, 9.17) is 14.2 Å². The predicted molar refractivity (Wildman–Crippen MR) is 70.9 cm³/mol. The molecule has 1 aromatic rings. The number of ether oxygens (including phenoxy) is 3. The summed E-state index contributed by atoms with van der Waals surface area (Å²) in [5.74, 6) is -2.15. The molecule has 1 aliphatic carbocycles. The van der Waals surface area contributed by atoms with Gasteiger partial charge in [-0.25, -0.2) is 0 Å². The summed E-state index contributed by atoms with van der Waals surface area (Å²) in [4.78, 5) is 24.1. The minimum atomic E-state index is -0.688. The monoisotopic (exact) mass is 278 g/mol. The van der Waals surface area contributed by atoms with Crippen molar-refractivity contribution in [3.8, 4) is 0 Å². The summed E-state index contributed by atoms with van der Waals surface area (Å²) in [6, 6.07) is 7.63. The fraction of sp³-hybridized carbons (Fsp3) is 0.467. The van der Waals surface area contributed by atoms with Gasteiger partial charge in [-0.05, 0) is 17.5 Å². The molecule has 0 aromatic heterocycles. The van der Waals surface area contributed by atoms with Crippen molar-refractivity contribution in [2.45, 2.75) is 12.5 Å². The highest BCUT2D eigenvalue weighted by atomic mass is 16.5. The topological polar surface area (TPSA) is 61.8 Å². The van der Waals surface area contributed by atoms with Crippen LogP contribution in [0.2, 0.25) is 0 Å². The second kappa shape index (κ2) is 6.05. The van der Waals surface area contributed by atoms with Gasteiger partial charge in [-0.2, -0.15) is 0 Å². The van der Waals surface area contributed by atoms with E-state index in [2.05, 4.69) is 0 Å². The van der Waals surface area contributed by atoms with Crippen LogP contribution in [0, 0.1) is 11.8 Å². The highest BCUT2D eigenvalue weighted by Crippen LogP contribution is 2.41. The largest absolute Gasteiger partial charge is 0.469 e. The number of methoxy groups -OCH3 is 3. The first-order chi connectivity index (χ1) is 9.63. The molecule has 0 amide bonds. The molecule has 0 saturated heterocycles. The van der Waals surface area contributed by atoms with Crippen LogP contribution in [0.15, 0.2) is 24.3 Å². The van der Waals surface area contributed by atoms with Crippen molar-refractivity contribution in [2.24, 2.45) is 11.8 Å². The van der Waals surface area contributed by atoms with Crippen LogP contribution in [0.4, 0.5) is 0 Å². The average molecular weight is 278 g/mol. The Bertz CT molecular complexity index is 511. The summed E-state index contributed by atoms with van der Waals surface area (Å²) < 4.78 is 15.1. The fourth-order valence-corrected chi connectivity index (χ4v) is 2.84. The third-order valence-corrected chi connectivity index (χ3v) is 3.79. The standard InChI is InChI=1S/C15H18O5/c1-18-13-10-7-5-4-6-9(10)8-11(14(16)19-2)12(13)15(17)20-3/h4-7,11-13H,8H2,1-3H3/t11-,12-,13+/m0/s1. The maximum atomic E-state index is 12.1. The molecule has 0 spiro atoms. The lowest BCUT2D eigenvalue weighted by molar-refractivity contribution is -0.165. The Morgan fingerprint density at radius 3 is 2.30 bits per heavy atom. The van der Waals surface area contributed by atoms with Gasteiger partial charge in [0.15, 0.2) is 0 Å². The minimum Gasteiger partial charge on any atom is -0.469 e. The summed E-state index contributed by atoms with van der Waals surface area (Å²) in [5, 5.41) is 0. The van der Waals surface area contributed by atoms with Crippen LogP contribution < -0.4 is 0 Å². The highest BCUT2D eigenvalue weighted by Gasteiger charge is 2.46. The molecule has 0 unspecified atom stereocenters. The zero-order chi connectivity index (χ0) is 14.7. The van der Waals surface area contributed by atoms with Crippen LogP contribution in [0.1, 0.15) is 17.2 Å². The van der Waals surface area contributed by atoms with E-state index in [-0.39, 0.29) is 0 Å². The molecule has 1 aliphatic rings. The zero-order valence-corrected chi connectivity index (χ0v) is 11.8. The molecule has 0 bridgehead atoms. The number of fused-ring (bicyclic) bond motifs is 1. The normalized spacial score (nSPS) is 24.6. The second-order valence-electron chi connectivity index (χ2n) is 4.74. The van der Waals surface area contributed by atoms with Gasteiger partial charge in [0, 0.05) is 7.11 Å². The summed E-state index contributed by atoms with van der Waals surface area (Å²) in [6.45, 7) is 0. The number of carbonyl (C=O) groups is 2. The van der Waals surface area contributed by atoms with Crippen molar-refractivity contribution < 1.29 is 23.8 Å². The predicted octanol–water partition coefficient (Wildman–Crippen LogP) is 1.51. The van der Waals surface area contributed by atoms with E-state index < -0.39 is 29.9 Å². The van der Waals surface area contributed by atoms with Crippen molar-refractivity contribution in [1.82, 2.24) is 0 Å². The lowest BCUT2D eigenvalue weighted by Crippen LogP contribution is -2.41. The third kappa shape index (κ3) is 2.41. The van der Waals surface area contributed by atoms with E-state index in [1.807, 2.05) is 24.3 Å². The van der Waals surface area contributed by atoms with Crippen LogP contribution in [0.3, 0.4) is 0 Å². The lowest BCUT2D eigenvalue weighted by Gasteiger charge is -2.35. The second-order valence-corrected chi connectivity index (χ2v) is 4.74. The Hall–Kier alpha value is -1.88. The molecule has 2 rings (SSSR count). The van der Waals surface area contributed by atoms with Gasteiger partial charge in [-0.1, -0.05) is 24.3 Å². The molecule has 5 nitrogen and oxygen atoms in total. The number of rotatable bonds is 3. The molecule has 0 fully saturated rings. The SMILES string of the molecule is COC(=O)[C@H]1[C@@H](C(=O)OC)Cc2ccccc2[C@H]1OC. The van der Waals surface area contributed by atoms with E-state index in [1.165, 1.54) is 21.3 Å². The first-order valence-corrected chi connectivity index (χ1v) is 6.40. The van der Waals surface area contributed by atoms with E-state index in [1.54, 1.807) is 0 Å². The molecule has 0 saturated carbocycles. The molecule has 20 heavy (non-hydrogen) atoms. The first kappa shape index (κ1) is 14.5. The lowest BCUT2D eigenvalue weighted by atomic mass is 9.73. The number of benzene rings is 1. The number of hydrogen-bond acceptors (Lipinski definition) is 5. The van der Waals surface area contributed by atoms with Gasteiger partial charge in [-0.3, -0.25) is 9.59 Å². The molecule has 108 valence electrons. The highest BCUT2D eigenvalue weighted by molar-refractivity contribution is 5.83. The Morgan fingerprint density at radius 1 is 1.05 bits per heavy atom. The van der Waals surface area contributed by atoms with Crippen molar-refractivity contribution in [1.29, 1.82) is 0 Å². The van der Waals surface area contributed by atoms with Gasteiger partial charge in [0.1, 0.15) is 5.92 Å². The van der Waals surface area contributed by atoms with Crippen molar-refractivity contribution >= 4 is 11.9 Å². The summed E-state index contributed by atoms with van der Waals surface area (Å²) in [7, 11) is 4.15. The molecule has 0 radical (unpaired) electrons. The van der Waals surface area contributed by atoms with Crippen molar-refractivity contribution in [3.05, 3.63) is 35.4 Å². The van der Waals surface area contributed by atoms with Gasteiger partial charge in [0.25, 0.3) is 0 Å². The van der Waals surface area contributed by atoms with Crippen molar-refractivity contribution in [3.63, 3.8) is 0 Å². The molecular formula is C15H18O5. The van der Waals surface area contributed by atoms with Gasteiger partial charge >= 0.3 is 11.9 Å². The first-order valence-electron chi connectivity index (χ1n) is 6.40. The third-order valence-electron chi connectivity index (χ3n) is 3.79. The van der Waals surface area contributed by atoms with E-state index in [9.17, 15) is 9.59 Å². The van der Waals surface area contributed by atoms with Crippen LogP contribution in [0.25, 0.3) is 0 Å². The summed E-state index contributed by atoms with van der Waals surface area (Å²) in [5.41, 5.74) is 1.92. The maximum Gasteiger partial charge on any atom is 0.312 e. The quantitative estimate of drug-likeness (QED) is 0.784. The van der Waals surface area contributed by atoms with Crippen LogP contribution in [0.5, 0.6) is 0 Å². The molecule has 1 aromatic carbocycles. The average Bonchev–Trinajstić information content (AvgIpc) is 2.51. The Morgan fingerprint density at radius 2 is 1.70 bits per heavy atom. The Kier molecular flexibility index (Phi) is 4.39. The van der Waals surface area contributed by atoms with Crippen molar-refractivity contribution in [2.75, 3.05) is 21.3 Å².